The van der Waals surface area contributed by atoms with Gasteiger partial charge < -0.3 is 15.1 Å². The Bertz CT molecular complexity index is 1300. The number of hydrogen-bond donors (Lipinski definition) is 2. The molecule has 7 heteroatoms. The van der Waals surface area contributed by atoms with E-state index >= 15 is 0 Å². The van der Waals surface area contributed by atoms with Crippen molar-refractivity contribution in [1.82, 2.24) is 5.32 Å². The van der Waals surface area contributed by atoms with Crippen molar-refractivity contribution in [3.63, 3.8) is 0 Å². The first-order valence-electron chi connectivity index (χ1n) is 10.5. The minimum absolute atomic E-state index is 0.0354. The fourth-order valence-corrected chi connectivity index (χ4v) is 4.04. The summed E-state index contributed by atoms with van der Waals surface area (Å²) in [4.78, 5) is 26.6. The van der Waals surface area contributed by atoms with Gasteiger partial charge in [-0.1, -0.05) is 42.5 Å². The van der Waals surface area contributed by atoms with E-state index in [1.165, 1.54) is 30.2 Å². The molecule has 34 heavy (non-hydrogen) atoms. The third kappa shape index (κ3) is 6.24. The van der Waals surface area contributed by atoms with Gasteiger partial charge in [0.05, 0.1) is 6.26 Å². The van der Waals surface area contributed by atoms with Gasteiger partial charge in [-0.15, -0.1) is 11.8 Å². The molecular formula is C27H21FN2O3S. The Kier molecular flexibility index (Phi) is 7.57. The highest BCUT2D eigenvalue weighted by molar-refractivity contribution is 7.98. The lowest BCUT2D eigenvalue weighted by Gasteiger charge is -2.12. The summed E-state index contributed by atoms with van der Waals surface area (Å²) in [6.45, 7) is 0. The number of thioether (sulfide) groups is 1. The molecule has 0 fully saturated rings. The van der Waals surface area contributed by atoms with Gasteiger partial charge in [-0.3, -0.25) is 9.59 Å². The van der Waals surface area contributed by atoms with Gasteiger partial charge >= 0.3 is 0 Å². The predicted molar refractivity (Wildman–Crippen MR) is 132 cm³/mol. The summed E-state index contributed by atoms with van der Waals surface area (Å²) in [5.74, 6) is -0.283. The zero-order valence-electron chi connectivity index (χ0n) is 18.0. The molecule has 3 aromatic carbocycles. The first-order valence-corrected chi connectivity index (χ1v) is 11.5. The van der Waals surface area contributed by atoms with Crippen molar-refractivity contribution >= 4 is 35.3 Å². The molecule has 0 unspecified atom stereocenters. The summed E-state index contributed by atoms with van der Waals surface area (Å²) < 4.78 is 19.2. The van der Waals surface area contributed by atoms with Crippen LogP contribution >= 0.6 is 11.8 Å². The number of amides is 2. The fraction of sp³-hybridized carbons (Fsp3) is 0.0370. The van der Waals surface area contributed by atoms with Crippen molar-refractivity contribution in [3.05, 3.63) is 126 Å². The largest absolute Gasteiger partial charge is 0.465 e. The van der Waals surface area contributed by atoms with E-state index in [0.29, 0.717) is 28.3 Å². The minimum Gasteiger partial charge on any atom is -0.465 e. The first-order chi connectivity index (χ1) is 16.6. The number of halogens is 1. The zero-order valence-corrected chi connectivity index (χ0v) is 18.8. The van der Waals surface area contributed by atoms with Crippen LogP contribution in [0.4, 0.5) is 10.1 Å². The number of anilines is 1. The Hall–Kier alpha value is -4.10. The molecule has 1 aromatic heterocycles. The smallest absolute Gasteiger partial charge is 0.272 e. The van der Waals surface area contributed by atoms with Crippen molar-refractivity contribution in [2.45, 2.75) is 10.6 Å². The molecule has 2 N–H and O–H groups in total. The molecule has 5 nitrogen and oxygen atoms in total. The Morgan fingerprint density at radius 2 is 1.71 bits per heavy atom. The minimum atomic E-state index is -0.503. The Morgan fingerprint density at radius 3 is 2.47 bits per heavy atom. The van der Waals surface area contributed by atoms with Gasteiger partial charge in [-0.05, 0) is 54.1 Å². The summed E-state index contributed by atoms with van der Waals surface area (Å²) in [5.41, 5.74) is 1.61. The normalized spacial score (nSPS) is 11.1. The van der Waals surface area contributed by atoms with E-state index < -0.39 is 11.8 Å². The summed E-state index contributed by atoms with van der Waals surface area (Å²) in [5, 5.41) is 5.47. The highest BCUT2D eigenvalue weighted by Crippen LogP contribution is 2.26. The SMILES string of the molecule is O=C(Nc1cccc(SCc2ccccc2F)c1)/C(=C\c1ccco1)NC(=O)c1ccccc1. The Labute approximate surface area is 200 Å². The van der Waals surface area contributed by atoms with Crippen molar-refractivity contribution in [3.8, 4) is 0 Å². The van der Waals surface area contributed by atoms with Crippen LogP contribution in [-0.4, -0.2) is 11.8 Å². The molecular weight excluding hydrogens is 451 g/mol. The molecule has 0 radical (unpaired) electrons. The maximum Gasteiger partial charge on any atom is 0.272 e. The van der Waals surface area contributed by atoms with Crippen LogP contribution in [0.1, 0.15) is 21.7 Å². The Balaban J connectivity index is 1.48. The quantitative estimate of drug-likeness (QED) is 0.239. The van der Waals surface area contributed by atoms with Gasteiger partial charge in [0.2, 0.25) is 0 Å². The third-order valence-corrected chi connectivity index (χ3v) is 5.85. The molecule has 0 saturated heterocycles. The average molecular weight is 473 g/mol. The summed E-state index contributed by atoms with van der Waals surface area (Å²) in [6, 6.07) is 25.9. The molecule has 0 aliphatic heterocycles. The van der Waals surface area contributed by atoms with Gasteiger partial charge in [0, 0.05) is 28.0 Å². The van der Waals surface area contributed by atoms with Gasteiger partial charge in [-0.25, -0.2) is 4.39 Å². The lowest BCUT2D eigenvalue weighted by atomic mass is 10.2. The van der Waals surface area contributed by atoms with Crippen LogP contribution in [0.3, 0.4) is 0 Å². The lowest BCUT2D eigenvalue weighted by molar-refractivity contribution is -0.113. The second-order valence-electron chi connectivity index (χ2n) is 7.26. The number of benzene rings is 3. The van der Waals surface area contributed by atoms with Crippen LogP contribution in [0.2, 0.25) is 0 Å². The van der Waals surface area contributed by atoms with Crippen LogP contribution in [-0.2, 0) is 10.5 Å². The number of carbonyl (C=O) groups is 2. The summed E-state index contributed by atoms with van der Waals surface area (Å²) >= 11 is 1.46. The topological polar surface area (TPSA) is 71.3 Å². The van der Waals surface area contributed by atoms with E-state index in [2.05, 4.69) is 10.6 Å². The standard InChI is InChI=1S/C27H21FN2O3S/c28-24-14-5-4-10-20(24)18-34-23-13-6-11-21(16-23)29-27(32)25(17-22-12-7-15-33-22)30-26(31)19-8-2-1-3-9-19/h1-17H,18H2,(H,29,32)(H,30,31)/b25-17+. The molecule has 1 heterocycles. The molecule has 0 bridgehead atoms. The van der Waals surface area contributed by atoms with E-state index in [0.717, 1.165) is 4.90 Å². The van der Waals surface area contributed by atoms with Crippen molar-refractivity contribution in [2.75, 3.05) is 5.32 Å². The lowest BCUT2D eigenvalue weighted by Crippen LogP contribution is -2.30. The second kappa shape index (κ2) is 11.2. The van der Waals surface area contributed by atoms with E-state index in [1.807, 2.05) is 6.07 Å². The van der Waals surface area contributed by atoms with Gasteiger partial charge in [0.25, 0.3) is 11.8 Å². The van der Waals surface area contributed by atoms with Crippen molar-refractivity contribution in [1.29, 1.82) is 0 Å². The molecule has 4 rings (SSSR count). The van der Waals surface area contributed by atoms with E-state index in [-0.39, 0.29) is 11.5 Å². The van der Waals surface area contributed by atoms with Gasteiger partial charge in [0.1, 0.15) is 17.3 Å². The van der Waals surface area contributed by atoms with Gasteiger partial charge in [-0.2, -0.15) is 0 Å². The molecule has 2 amide bonds. The second-order valence-corrected chi connectivity index (χ2v) is 8.30. The average Bonchev–Trinajstić information content (AvgIpc) is 3.37. The predicted octanol–water partition coefficient (Wildman–Crippen LogP) is 6.12. The van der Waals surface area contributed by atoms with Crippen LogP contribution in [0, 0.1) is 5.82 Å². The zero-order chi connectivity index (χ0) is 23.8. The number of hydrogen-bond acceptors (Lipinski definition) is 4. The molecule has 0 atom stereocenters. The van der Waals surface area contributed by atoms with E-state index in [1.54, 1.807) is 78.9 Å². The fourth-order valence-electron chi connectivity index (χ4n) is 3.10. The molecule has 170 valence electrons. The van der Waals surface area contributed by atoms with Crippen LogP contribution in [0.15, 0.2) is 112 Å². The molecule has 4 aromatic rings. The Morgan fingerprint density at radius 1 is 0.912 bits per heavy atom. The van der Waals surface area contributed by atoms with Crippen LogP contribution < -0.4 is 10.6 Å². The summed E-state index contributed by atoms with van der Waals surface area (Å²) in [6.07, 6.45) is 2.95. The van der Waals surface area contributed by atoms with Crippen LogP contribution in [0.5, 0.6) is 0 Å². The van der Waals surface area contributed by atoms with E-state index in [9.17, 15) is 14.0 Å². The number of nitrogens with one attached hydrogen (secondary N) is 2. The van der Waals surface area contributed by atoms with Crippen molar-refractivity contribution < 1.29 is 18.4 Å². The van der Waals surface area contributed by atoms with Crippen LogP contribution in [0.25, 0.3) is 6.08 Å². The monoisotopic (exact) mass is 472 g/mol. The number of furan rings is 1. The van der Waals surface area contributed by atoms with E-state index in [4.69, 9.17) is 4.42 Å². The first kappa shape index (κ1) is 23.1. The van der Waals surface area contributed by atoms with Gasteiger partial charge in [0.15, 0.2) is 0 Å². The number of carbonyl (C=O) groups excluding carboxylic acids is 2. The molecule has 0 spiro atoms. The highest BCUT2D eigenvalue weighted by Gasteiger charge is 2.16. The number of rotatable bonds is 8. The highest BCUT2D eigenvalue weighted by atomic mass is 32.2. The molecule has 0 saturated carbocycles. The van der Waals surface area contributed by atoms with Crippen molar-refractivity contribution in [2.24, 2.45) is 0 Å². The summed E-state index contributed by atoms with van der Waals surface area (Å²) in [7, 11) is 0. The maximum absolute atomic E-state index is 13.9. The third-order valence-electron chi connectivity index (χ3n) is 4.80. The molecule has 0 aliphatic rings. The molecule has 0 aliphatic carbocycles. The maximum atomic E-state index is 13.9.